The first-order valence-electron chi connectivity index (χ1n) is 5.62. The van der Waals surface area contributed by atoms with Crippen molar-refractivity contribution in [2.24, 2.45) is 0 Å². The number of carbonyl (C=O) groups is 1. The van der Waals surface area contributed by atoms with Crippen LogP contribution >= 0.6 is 0 Å². The molecule has 0 radical (unpaired) electrons. The van der Waals surface area contributed by atoms with Gasteiger partial charge in [-0.15, -0.1) is 0 Å². The Morgan fingerprint density at radius 2 is 2.19 bits per heavy atom. The van der Waals surface area contributed by atoms with E-state index in [4.69, 9.17) is 4.74 Å². The van der Waals surface area contributed by atoms with Crippen LogP contribution in [0.15, 0.2) is 0 Å². The maximum absolute atomic E-state index is 12.5. The summed E-state index contributed by atoms with van der Waals surface area (Å²) in [6.45, 7) is 7.90. The van der Waals surface area contributed by atoms with Gasteiger partial charge in [0.15, 0.2) is 0 Å². The third-order valence-corrected chi connectivity index (χ3v) is 2.47. The lowest BCUT2D eigenvalue weighted by atomic mass is 10.1. The van der Waals surface area contributed by atoms with Crippen LogP contribution in [0.4, 0.5) is 9.18 Å². The number of nitrogens with zero attached hydrogens (tertiary/aromatic N) is 1. The van der Waals surface area contributed by atoms with Crippen LogP contribution in [-0.2, 0) is 4.74 Å². The predicted octanol–water partition coefficient (Wildman–Crippen LogP) is 1.55. The lowest BCUT2D eigenvalue weighted by Gasteiger charge is -2.38. The fourth-order valence-corrected chi connectivity index (χ4v) is 1.61. The minimum atomic E-state index is -0.507. The first-order valence-corrected chi connectivity index (χ1v) is 5.62. The molecule has 2 unspecified atom stereocenters. The standard InChI is InChI=1S/C11H21FN2O2/c1-8-6-13-9(5-12)7-14(8)10(15)16-11(2,3)4/h8-9,13H,5-7H2,1-4H3. The SMILES string of the molecule is CC1CNC(CF)CN1C(=O)OC(C)(C)C. The maximum atomic E-state index is 12.5. The summed E-state index contributed by atoms with van der Waals surface area (Å²) in [5.74, 6) is 0. The van der Waals surface area contributed by atoms with E-state index in [2.05, 4.69) is 5.32 Å². The molecule has 1 saturated heterocycles. The first kappa shape index (κ1) is 13.2. The molecule has 0 spiro atoms. The smallest absolute Gasteiger partial charge is 0.410 e. The third kappa shape index (κ3) is 3.63. The highest BCUT2D eigenvalue weighted by atomic mass is 19.1. The minimum absolute atomic E-state index is 0.0395. The van der Waals surface area contributed by atoms with E-state index in [0.29, 0.717) is 13.1 Å². The molecule has 0 aromatic heterocycles. The molecule has 1 aliphatic rings. The average Bonchev–Trinajstić information content (AvgIpc) is 2.15. The Kier molecular flexibility index (Phi) is 4.13. The lowest BCUT2D eigenvalue weighted by molar-refractivity contribution is 0.00865. The number of ether oxygens (including phenoxy) is 1. The number of hydrogen-bond acceptors (Lipinski definition) is 3. The zero-order chi connectivity index (χ0) is 12.3. The van der Waals surface area contributed by atoms with Gasteiger partial charge in [0.05, 0.1) is 6.04 Å². The highest BCUT2D eigenvalue weighted by Gasteiger charge is 2.31. The van der Waals surface area contributed by atoms with Gasteiger partial charge >= 0.3 is 6.09 Å². The van der Waals surface area contributed by atoms with Crippen molar-refractivity contribution in [3.05, 3.63) is 0 Å². The van der Waals surface area contributed by atoms with E-state index in [0.717, 1.165) is 0 Å². The van der Waals surface area contributed by atoms with Gasteiger partial charge in [0.25, 0.3) is 0 Å². The summed E-state index contributed by atoms with van der Waals surface area (Å²) in [7, 11) is 0. The molecule has 16 heavy (non-hydrogen) atoms. The largest absolute Gasteiger partial charge is 0.444 e. The quantitative estimate of drug-likeness (QED) is 0.746. The zero-order valence-corrected chi connectivity index (χ0v) is 10.4. The average molecular weight is 232 g/mol. The van der Waals surface area contributed by atoms with Crippen LogP contribution in [0.25, 0.3) is 0 Å². The second-order valence-corrected chi connectivity index (χ2v) is 5.24. The summed E-state index contributed by atoms with van der Waals surface area (Å²) in [6, 6.07) is -0.235. The van der Waals surface area contributed by atoms with E-state index in [1.807, 2.05) is 27.7 Å². The monoisotopic (exact) mass is 232 g/mol. The summed E-state index contributed by atoms with van der Waals surface area (Å²) in [5.41, 5.74) is -0.507. The number of halogens is 1. The molecule has 1 fully saturated rings. The van der Waals surface area contributed by atoms with E-state index in [-0.39, 0.29) is 18.2 Å². The van der Waals surface area contributed by atoms with Gasteiger partial charge in [0.2, 0.25) is 0 Å². The lowest BCUT2D eigenvalue weighted by Crippen LogP contribution is -2.58. The van der Waals surface area contributed by atoms with Crippen molar-refractivity contribution in [2.45, 2.75) is 45.4 Å². The number of nitrogens with one attached hydrogen (secondary N) is 1. The molecule has 5 heteroatoms. The minimum Gasteiger partial charge on any atom is -0.444 e. The number of rotatable bonds is 1. The van der Waals surface area contributed by atoms with Gasteiger partial charge in [-0.25, -0.2) is 9.18 Å². The van der Waals surface area contributed by atoms with Gasteiger partial charge in [0.1, 0.15) is 12.3 Å². The number of amides is 1. The van der Waals surface area contributed by atoms with Crippen LogP contribution in [0.1, 0.15) is 27.7 Å². The summed E-state index contributed by atoms with van der Waals surface area (Å²) in [6.07, 6.45) is -0.361. The highest BCUT2D eigenvalue weighted by Crippen LogP contribution is 2.14. The van der Waals surface area contributed by atoms with Gasteiger partial charge in [-0.3, -0.25) is 0 Å². The van der Waals surface area contributed by atoms with Crippen molar-refractivity contribution >= 4 is 6.09 Å². The molecule has 1 N–H and O–H groups in total. The van der Waals surface area contributed by atoms with Gasteiger partial charge in [0, 0.05) is 19.1 Å². The topological polar surface area (TPSA) is 41.6 Å². The van der Waals surface area contributed by atoms with Crippen molar-refractivity contribution in [1.82, 2.24) is 10.2 Å². The summed E-state index contributed by atoms with van der Waals surface area (Å²) in [5, 5.41) is 3.04. The van der Waals surface area contributed by atoms with Gasteiger partial charge in [-0.05, 0) is 27.7 Å². The molecule has 1 rings (SSSR count). The molecule has 4 nitrogen and oxygen atoms in total. The molecule has 1 aliphatic heterocycles. The third-order valence-electron chi connectivity index (χ3n) is 2.47. The number of carbonyl (C=O) groups excluding carboxylic acids is 1. The molecular weight excluding hydrogens is 211 g/mol. The van der Waals surface area contributed by atoms with Gasteiger partial charge < -0.3 is 15.0 Å². The Bertz CT molecular complexity index is 253. The van der Waals surface area contributed by atoms with Crippen LogP contribution in [0, 0.1) is 0 Å². The molecule has 0 bridgehead atoms. The van der Waals surface area contributed by atoms with Crippen molar-refractivity contribution in [1.29, 1.82) is 0 Å². The van der Waals surface area contributed by atoms with E-state index < -0.39 is 12.3 Å². The van der Waals surface area contributed by atoms with E-state index >= 15 is 0 Å². The van der Waals surface area contributed by atoms with Crippen LogP contribution in [0.2, 0.25) is 0 Å². The molecule has 0 saturated carbocycles. The second kappa shape index (κ2) is 4.99. The molecule has 0 aromatic carbocycles. The van der Waals surface area contributed by atoms with E-state index in [1.54, 1.807) is 4.90 Å². The molecule has 0 aliphatic carbocycles. The molecular formula is C11H21FN2O2. The predicted molar refractivity (Wildman–Crippen MR) is 60.2 cm³/mol. The Morgan fingerprint density at radius 1 is 1.56 bits per heavy atom. The number of hydrogen-bond donors (Lipinski definition) is 1. The zero-order valence-electron chi connectivity index (χ0n) is 10.4. The summed E-state index contributed by atoms with van der Waals surface area (Å²) < 4.78 is 17.8. The molecule has 1 amide bonds. The van der Waals surface area contributed by atoms with E-state index in [1.165, 1.54) is 0 Å². The van der Waals surface area contributed by atoms with Crippen LogP contribution < -0.4 is 5.32 Å². The van der Waals surface area contributed by atoms with Crippen molar-refractivity contribution in [3.63, 3.8) is 0 Å². The van der Waals surface area contributed by atoms with Gasteiger partial charge in [-0.2, -0.15) is 0 Å². The number of piperazine rings is 1. The maximum Gasteiger partial charge on any atom is 0.410 e. The number of alkyl halides is 1. The van der Waals surface area contributed by atoms with Crippen molar-refractivity contribution in [3.8, 4) is 0 Å². The second-order valence-electron chi connectivity index (χ2n) is 5.24. The molecule has 1 heterocycles. The Hall–Kier alpha value is -0.840. The van der Waals surface area contributed by atoms with Crippen molar-refractivity contribution in [2.75, 3.05) is 19.8 Å². The normalized spacial score (nSPS) is 26.7. The fourth-order valence-electron chi connectivity index (χ4n) is 1.61. The molecule has 2 atom stereocenters. The molecule has 94 valence electrons. The Balaban J connectivity index is 2.59. The fraction of sp³-hybridized carbons (Fsp3) is 0.909. The van der Waals surface area contributed by atoms with Crippen molar-refractivity contribution < 1.29 is 13.9 Å². The van der Waals surface area contributed by atoms with Crippen LogP contribution in [0.3, 0.4) is 0 Å². The Morgan fingerprint density at radius 3 is 2.69 bits per heavy atom. The van der Waals surface area contributed by atoms with E-state index in [9.17, 15) is 9.18 Å². The highest BCUT2D eigenvalue weighted by molar-refractivity contribution is 5.68. The van der Waals surface area contributed by atoms with Gasteiger partial charge in [-0.1, -0.05) is 0 Å². The Labute approximate surface area is 96.1 Å². The summed E-state index contributed by atoms with van der Waals surface area (Å²) in [4.78, 5) is 13.4. The van der Waals surface area contributed by atoms with Crippen LogP contribution in [-0.4, -0.2) is 48.4 Å². The molecule has 0 aromatic rings. The first-order chi connectivity index (χ1) is 7.33. The summed E-state index contributed by atoms with van der Waals surface area (Å²) >= 11 is 0. The van der Waals surface area contributed by atoms with Crippen LogP contribution in [0.5, 0.6) is 0 Å².